The number of benzene rings is 2. The zero-order valence-corrected chi connectivity index (χ0v) is 10.3. The van der Waals surface area contributed by atoms with E-state index in [-0.39, 0.29) is 0 Å². The molecule has 0 aliphatic carbocycles. The first-order valence-corrected chi connectivity index (χ1v) is 5.76. The zero-order chi connectivity index (χ0) is 12.4. The smallest absolute Gasteiger partial charge is 0.0343 e. The minimum Gasteiger partial charge on any atom is -0.399 e. The van der Waals surface area contributed by atoms with Crippen LogP contribution in [0, 0.1) is 13.8 Å². The maximum atomic E-state index is 5.82. The maximum absolute atomic E-state index is 5.82. The van der Waals surface area contributed by atoms with Gasteiger partial charge in [-0.1, -0.05) is 18.2 Å². The molecule has 2 aromatic carbocycles. The first-order chi connectivity index (χ1) is 8.06. The van der Waals surface area contributed by atoms with Gasteiger partial charge in [-0.25, -0.2) is 0 Å². The Bertz CT molecular complexity index is 545. The predicted octanol–water partition coefficient (Wildman–Crippen LogP) is 3.06. The Kier molecular flexibility index (Phi) is 3.05. The van der Waals surface area contributed by atoms with Crippen molar-refractivity contribution >= 4 is 11.4 Å². The summed E-state index contributed by atoms with van der Waals surface area (Å²) in [6, 6.07) is 12.3. The van der Waals surface area contributed by atoms with Crippen LogP contribution in [-0.2, 0) is 6.42 Å². The topological polar surface area (TPSA) is 52.0 Å². The van der Waals surface area contributed by atoms with E-state index in [1.54, 1.807) is 0 Å². The fourth-order valence-electron chi connectivity index (χ4n) is 1.99. The number of hydrogen-bond donors (Lipinski definition) is 2. The first-order valence-electron chi connectivity index (χ1n) is 5.76. The molecule has 0 radical (unpaired) electrons. The lowest BCUT2D eigenvalue weighted by Gasteiger charge is -2.08. The highest BCUT2D eigenvalue weighted by molar-refractivity contribution is 5.50. The minimum atomic E-state index is 0.819. The van der Waals surface area contributed by atoms with E-state index in [0.29, 0.717) is 0 Å². The molecule has 0 heterocycles. The van der Waals surface area contributed by atoms with Crippen molar-refractivity contribution in [3.63, 3.8) is 0 Å². The summed E-state index contributed by atoms with van der Waals surface area (Å²) in [5.41, 5.74) is 18.2. The van der Waals surface area contributed by atoms with Crippen LogP contribution in [0.2, 0.25) is 0 Å². The molecule has 0 bridgehead atoms. The lowest BCUT2D eigenvalue weighted by atomic mass is 9.98. The van der Waals surface area contributed by atoms with E-state index < -0.39 is 0 Å². The van der Waals surface area contributed by atoms with Gasteiger partial charge < -0.3 is 11.5 Å². The van der Waals surface area contributed by atoms with Gasteiger partial charge in [0.15, 0.2) is 0 Å². The average Bonchev–Trinajstić information content (AvgIpc) is 2.27. The molecule has 0 aliphatic heterocycles. The van der Waals surface area contributed by atoms with Crippen LogP contribution in [0.3, 0.4) is 0 Å². The van der Waals surface area contributed by atoms with E-state index in [4.69, 9.17) is 11.5 Å². The Balaban J connectivity index is 2.28. The lowest BCUT2D eigenvalue weighted by molar-refractivity contribution is 1.15. The fraction of sp³-hybridized carbons (Fsp3) is 0.200. The summed E-state index contributed by atoms with van der Waals surface area (Å²) in [5.74, 6) is 0. The van der Waals surface area contributed by atoms with Gasteiger partial charge in [-0.15, -0.1) is 0 Å². The van der Waals surface area contributed by atoms with Gasteiger partial charge in [0.05, 0.1) is 0 Å². The fourth-order valence-corrected chi connectivity index (χ4v) is 1.99. The van der Waals surface area contributed by atoms with Crippen molar-refractivity contribution < 1.29 is 0 Å². The van der Waals surface area contributed by atoms with Gasteiger partial charge in [0.25, 0.3) is 0 Å². The van der Waals surface area contributed by atoms with Crippen molar-refractivity contribution in [1.82, 2.24) is 0 Å². The van der Waals surface area contributed by atoms with Crippen molar-refractivity contribution in [1.29, 1.82) is 0 Å². The quantitative estimate of drug-likeness (QED) is 0.773. The largest absolute Gasteiger partial charge is 0.399 e. The molecule has 4 N–H and O–H groups in total. The predicted molar refractivity (Wildman–Crippen MR) is 74.0 cm³/mol. The second-order valence-corrected chi connectivity index (χ2v) is 4.55. The number of aryl methyl sites for hydroxylation is 2. The summed E-state index contributed by atoms with van der Waals surface area (Å²) < 4.78 is 0. The number of nitrogens with two attached hydrogens (primary N) is 2. The summed E-state index contributed by atoms with van der Waals surface area (Å²) in [6.45, 7) is 4.13. The first kappa shape index (κ1) is 11.5. The third kappa shape index (κ3) is 2.59. The van der Waals surface area contributed by atoms with Crippen molar-refractivity contribution in [2.45, 2.75) is 20.3 Å². The van der Waals surface area contributed by atoms with E-state index in [2.05, 4.69) is 25.1 Å². The molecule has 2 rings (SSSR count). The monoisotopic (exact) mass is 226 g/mol. The van der Waals surface area contributed by atoms with Crippen molar-refractivity contribution in [3.05, 3.63) is 58.7 Å². The number of rotatable bonds is 2. The summed E-state index contributed by atoms with van der Waals surface area (Å²) in [5, 5.41) is 0. The highest BCUT2D eigenvalue weighted by atomic mass is 14.6. The van der Waals surface area contributed by atoms with Crippen molar-refractivity contribution in [3.8, 4) is 0 Å². The molecular formula is C15H18N2. The Labute approximate surface area is 102 Å². The summed E-state index contributed by atoms with van der Waals surface area (Å²) >= 11 is 0. The molecule has 0 saturated carbocycles. The van der Waals surface area contributed by atoms with E-state index in [0.717, 1.165) is 23.4 Å². The molecule has 2 heteroatoms. The van der Waals surface area contributed by atoms with Crippen LogP contribution in [0.1, 0.15) is 22.3 Å². The van der Waals surface area contributed by atoms with Crippen molar-refractivity contribution in [2.75, 3.05) is 11.5 Å². The van der Waals surface area contributed by atoms with E-state index >= 15 is 0 Å². The Morgan fingerprint density at radius 1 is 0.882 bits per heavy atom. The summed E-state index contributed by atoms with van der Waals surface area (Å²) in [7, 11) is 0. The molecule has 2 nitrogen and oxygen atoms in total. The average molecular weight is 226 g/mol. The highest BCUT2D eigenvalue weighted by Gasteiger charge is 2.02. The Hall–Kier alpha value is -1.96. The molecule has 0 spiro atoms. The molecule has 0 saturated heterocycles. The normalized spacial score (nSPS) is 10.5. The number of anilines is 2. The van der Waals surface area contributed by atoms with Crippen LogP contribution in [0.15, 0.2) is 36.4 Å². The van der Waals surface area contributed by atoms with E-state index in [1.807, 2.05) is 25.1 Å². The van der Waals surface area contributed by atoms with Gasteiger partial charge >= 0.3 is 0 Å². The SMILES string of the molecule is Cc1cc(Cc2ccc(N)cc2C)ccc1N. The number of hydrogen-bond acceptors (Lipinski definition) is 2. The molecule has 0 atom stereocenters. The van der Waals surface area contributed by atoms with Crippen LogP contribution in [0.4, 0.5) is 11.4 Å². The van der Waals surface area contributed by atoms with Gasteiger partial charge in [-0.2, -0.15) is 0 Å². The Morgan fingerprint density at radius 3 is 2.29 bits per heavy atom. The third-order valence-electron chi connectivity index (χ3n) is 3.10. The van der Waals surface area contributed by atoms with Crippen LogP contribution in [0.5, 0.6) is 0 Å². The molecular weight excluding hydrogens is 208 g/mol. The van der Waals surface area contributed by atoms with E-state index in [9.17, 15) is 0 Å². The second kappa shape index (κ2) is 4.50. The second-order valence-electron chi connectivity index (χ2n) is 4.55. The standard InChI is InChI=1S/C15H18N2/c1-10-8-14(16)5-4-13(10)9-12-3-6-15(17)11(2)7-12/h3-8H,9,16-17H2,1-2H3. The van der Waals surface area contributed by atoms with E-state index in [1.165, 1.54) is 16.7 Å². The van der Waals surface area contributed by atoms with Gasteiger partial charge in [0.2, 0.25) is 0 Å². The summed E-state index contributed by atoms with van der Waals surface area (Å²) in [6.07, 6.45) is 0.924. The van der Waals surface area contributed by atoms with Crippen LogP contribution in [0.25, 0.3) is 0 Å². The molecule has 0 unspecified atom stereocenters. The maximum Gasteiger partial charge on any atom is 0.0343 e. The molecule has 88 valence electrons. The summed E-state index contributed by atoms with van der Waals surface area (Å²) in [4.78, 5) is 0. The number of nitrogen functional groups attached to an aromatic ring is 2. The van der Waals surface area contributed by atoms with Gasteiger partial charge in [-0.05, 0) is 60.7 Å². The van der Waals surface area contributed by atoms with Gasteiger partial charge in [0, 0.05) is 11.4 Å². The zero-order valence-electron chi connectivity index (χ0n) is 10.3. The Morgan fingerprint density at radius 2 is 1.65 bits per heavy atom. The molecule has 0 fully saturated rings. The van der Waals surface area contributed by atoms with Crippen molar-refractivity contribution in [2.24, 2.45) is 0 Å². The molecule has 0 amide bonds. The van der Waals surface area contributed by atoms with Crippen LogP contribution < -0.4 is 11.5 Å². The van der Waals surface area contributed by atoms with Gasteiger partial charge in [0.1, 0.15) is 0 Å². The molecule has 17 heavy (non-hydrogen) atoms. The molecule has 0 aromatic heterocycles. The molecule has 2 aromatic rings. The minimum absolute atomic E-state index is 0.819. The highest BCUT2D eigenvalue weighted by Crippen LogP contribution is 2.19. The van der Waals surface area contributed by atoms with Crippen LogP contribution in [-0.4, -0.2) is 0 Å². The molecule has 0 aliphatic rings. The van der Waals surface area contributed by atoms with Gasteiger partial charge in [-0.3, -0.25) is 0 Å². The third-order valence-corrected chi connectivity index (χ3v) is 3.10. The lowest BCUT2D eigenvalue weighted by Crippen LogP contribution is -1.96. The van der Waals surface area contributed by atoms with Crippen LogP contribution >= 0.6 is 0 Å².